The molecule has 3 aliphatic rings. The zero-order chi connectivity index (χ0) is 20.4. The Morgan fingerprint density at radius 2 is 2.28 bits per heavy atom. The highest BCUT2D eigenvalue weighted by Crippen LogP contribution is 2.43. The van der Waals surface area contributed by atoms with Crippen molar-refractivity contribution in [2.75, 3.05) is 26.8 Å². The molecule has 29 heavy (non-hydrogen) atoms. The zero-order valence-electron chi connectivity index (χ0n) is 17.0. The Balaban J connectivity index is 1.75. The summed E-state index contributed by atoms with van der Waals surface area (Å²) in [6.07, 6.45) is 4.91. The minimum absolute atomic E-state index is 0.103. The van der Waals surface area contributed by atoms with Crippen LogP contribution in [-0.4, -0.2) is 48.9 Å². The van der Waals surface area contributed by atoms with Gasteiger partial charge in [-0.2, -0.15) is 0 Å². The van der Waals surface area contributed by atoms with E-state index in [2.05, 4.69) is 22.5 Å². The van der Waals surface area contributed by atoms with Crippen LogP contribution in [0.15, 0.2) is 43.1 Å². The van der Waals surface area contributed by atoms with Crippen LogP contribution in [0.2, 0.25) is 0 Å². The molecule has 3 saturated heterocycles. The maximum atomic E-state index is 12.3. The van der Waals surface area contributed by atoms with Gasteiger partial charge in [-0.25, -0.2) is 4.79 Å². The molecule has 5 atom stereocenters. The monoisotopic (exact) mass is 396 g/mol. The summed E-state index contributed by atoms with van der Waals surface area (Å²) < 4.78 is 16.5. The molecule has 2 bridgehead atoms. The number of hydrogen-bond acceptors (Lipinski definition) is 6. The number of piperidine rings is 3. The summed E-state index contributed by atoms with van der Waals surface area (Å²) in [5.41, 5.74) is 1.79. The number of hydrogen-bond donors (Lipinski definition) is 0. The number of methoxy groups -OCH3 is 1. The van der Waals surface area contributed by atoms with Crippen molar-refractivity contribution in [3.63, 3.8) is 0 Å². The van der Waals surface area contributed by atoms with Crippen molar-refractivity contribution in [3.05, 3.63) is 48.7 Å². The fourth-order valence-corrected chi connectivity index (χ4v) is 4.82. The van der Waals surface area contributed by atoms with Crippen LogP contribution in [0.3, 0.4) is 0 Å². The summed E-state index contributed by atoms with van der Waals surface area (Å²) in [6, 6.07) is 7.83. The first kappa shape index (κ1) is 19.7. The Labute approximate surface area is 171 Å². The molecule has 1 aromatic heterocycles. The molecule has 0 aliphatic carbocycles. The Kier molecular flexibility index (Phi) is 5.72. The van der Waals surface area contributed by atoms with Crippen LogP contribution in [0.1, 0.15) is 31.4 Å². The average molecular weight is 396 g/mol. The highest BCUT2D eigenvalue weighted by atomic mass is 16.7. The molecular formula is C23H28N2O4. The first-order chi connectivity index (χ1) is 14.1. The van der Waals surface area contributed by atoms with Gasteiger partial charge in [0.1, 0.15) is 11.9 Å². The molecule has 0 spiro atoms. The molecule has 1 aromatic carbocycles. The lowest BCUT2D eigenvalue weighted by Gasteiger charge is -2.51. The van der Waals surface area contributed by atoms with E-state index in [9.17, 15) is 4.79 Å². The minimum Gasteiger partial charge on any atom is -0.497 e. The topological polar surface area (TPSA) is 60.9 Å². The van der Waals surface area contributed by atoms with Gasteiger partial charge in [0.25, 0.3) is 0 Å². The van der Waals surface area contributed by atoms with Gasteiger partial charge in [-0.15, -0.1) is 6.58 Å². The second-order valence-corrected chi connectivity index (χ2v) is 7.75. The third kappa shape index (κ3) is 3.81. The predicted octanol–water partition coefficient (Wildman–Crippen LogP) is 4.35. The molecule has 0 saturated carbocycles. The van der Waals surface area contributed by atoms with Crippen LogP contribution in [0.4, 0.5) is 4.79 Å². The van der Waals surface area contributed by atoms with E-state index in [0.717, 1.165) is 48.1 Å². The van der Waals surface area contributed by atoms with Gasteiger partial charge in [0.2, 0.25) is 0 Å². The van der Waals surface area contributed by atoms with Gasteiger partial charge >= 0.3 is 6.16 Å². The highest BCUT2D eigenvalue weighted by molar-refractivity contribution is 5.84. The maximum absolute atomic E-state index is 12.3. The van der Waals surface area contributed by atoms with Crippen LogP contribution in [0.5, 0.6) is 5.75 Å². The van der Waals surface area contributed by atoms with Crippen molar-refractivity contribution in [1.29, 1.82) is 0 Å². The molecule has 5 rings (SSSR count). The quantitative estimate of drug-likeness (QED) is 0.534. The van der Waals surface area contributed by atoms with Crippen molar-refractivity contribution in [2.45, 2.75) is 31.9 Å². The molecule has 154 valence electrons. The summed E-state index contributed by atoms with van der Waals surface area (Å²) in [7, 11) is 1.64. The number of ether oxygens (including phenoxy) is 3. The van der Waals surface area contributed by atoms with E-state index in [1.807, 2.05) is 24.3 Å². The smallest absolute Gasteiger partial charge is 0.497 e. The average Bonchev–Trinajstić information content (AvgIpc) is 2.77. The Morgan fingerprint density at radius 3 is 2.97 bits per heavy atom. The number of pyridine rings is 1. The number of carbonyl (C=O) groups is 1. The lowest BCUT2D eigenvalue weighted by atomic mass is 9.73. The number of carbonyl (C=O) groups excluding carboxylic acids is 1. The summed E-state index contributed by atoms with van der Waals surface area (Å²) >= 11 is 0. The normalized spacial score (nSPS) is 26.7. The van der Waals surface area contributed by atoms with E-state index < -0.39 is 12.3 Å². The van der Waals surface area contributed by atoms with Gasteiger partial charge in [0.05, 0.1) is 25.3 Å². The van der Waals surface area contributed by atoms with E-state index in [0.29, 0.717) is 11.8 Å². The summed E-state index contributed by atoms with van der Waals surface area (Å²) in [4.78, 5) is 19.2. The third-order valence-electron chi connectivity index (χ3n) is 6.28. The second kappa shape index (κ2) is 8.41. The lowest BCUT2D eigenvalue weighted by Crippen LogP contribution is -2.55. The molecule has 0 radical (unpaired) electrons. The van der Waals surface area contributed by atoms with Crippen molar-refractivity contribution in [1.82, 2.24) is 9.88 Å². The van der Waals surface area contributed by atoms with E-state index in [1.165, 1.54) is 0 Å². The molecule has 2 aromatic rings. The van der Waals surface area contributed by atoms with Crippen LogP contribution in [0, 0.1) is 11.8 Å². The molecule has 0 N–H and O–H groups in total. The summed E-state index contributed by atoms with van der Waals surface area (Å²) in [5, 5.41) is 0.934. The van der Waals surface area contributed by atoms with E-state index in [-0.39, 0.29) is 12.6 Å². The molecule has 6 heteroatoms. The summed E-state index contributed by atoms with van der Waals surface area (Å²) in [6.45, 7) is 8.04. The van der Waals surface area contributed by atoms with E-state index in [4.69, 9.17) is 14.2 Å². The SMILES string of the molecule is C=C[C@H]1CN2CC[C@@H]1C[C@@H]2[C@@H](OC(=O)OCC)c1ccnc2ccc(OC)cc12. The van der Waals surface area contributed by atoms with E-state index in [1.54, 1.807) is 20.2 Å². The van der Waals surface area contributed by atoms with Crippen molar-refractivity contribution < 1.29 is 19.0 Å². The Hall–Kier alpha value is -2.60. The van der Waals surface area contributed by atoms with Gasteiger partial charge < -0.3 is 14.2 Å². The standard InChI is InChI=1S/C23H28N2O4/c1-4-15-14-25-11-9-16(15)12-21(25)22(29-23(26)28-5-2)18-8-10-24-20-7-6-17(27-3)13-19(18)20/h4,6-8,10,13,15-16,21-22H,1,5,9,11-12,14H2,2-3H3/t15-,16+,21+,22-/m0/s1. The molecule has 6 nitrogen and oxygen atoms in total. The number of aromatic nitrogens is 1. The molecule has 0 amide bonds. The molecule has 4 heterocycles. The molecule has 3 aliphatic heterocycles. The van der Waals surface area contributed by atoms with Gasteiger partial charge in [0.15, 0.2) is 0 Å². The predicted molar refractivity (Wildman–Crippen MR) is 111 cm³/mol. The first-order valence-corrected chi connectivity index (χ1v) is 10.3. The minimum atomic E-state index is -0.631. The largest absolute Gasteiger partial charge is 0.508 e. The van der Waals surface area contributed by atoms with Crippen molar-refractivity contribution in [3.8, 4) is 5.75 Å². The summed E-state index contributed by atoms with van der Waals surface area (Å²) in [5.74, 6) is 1.81. The Morgan fingerprint density at radius 1 is 1.41 bits per heavy atom. The number of fused-ring (bicyclic) bond motifs is 4. The van der Waals surface area contributed by atoms with Crippen molar-refractivity contribution >= 4 is 17.1 Å². The number of nitrogens with zero attached hydrogens (tertiary/aromatic N) is 2. The number of benzene rings is 1. The van der Waals surface area contributed by atoms with Crippen molar-refractivity contribution in [2.24, 2.45) is 11.8 Å². The van der Waals surface area contributed by atoms with Crippen LogP contribution < -0.4 is 4.74 Å². The van der Waals surface area contributed by atoms with Gasteiger partial charge in [-0.05, 0) is 62.4 Å². The van der Waals surface area contributed by atoms with Crippen LogP contribution in [0.25, 0.3) is 10.9 Å². The zero-order valence-corrected chi connectivity index (χ0v) is 17.0. The second-order valence-electron chi connectivity index (χ2n) is 7.75. The fraction of sp³-hybridized carbons (Fsp3) is 0.478. The fourth-order valence-electron chi connectivity index (χ4n) is 4.82. The maximum Gasteiger partial charge on any atom is 0.508 e. The highest BCUT2D eigenvalue weighted by Gasteiger charge is 2.44. The van der Waals surface area contributed by atoms with Gasteiger partial charge in [0, 0.05) is 23.7 Å². The molecular weight excluding hydrogens is 368 g/mol. The van der Waals surface area contributed by atoms with Crippen LogP contribution in [-0.2, 0) is 9.47 Å². The van der Waals surface area contributed by atoms with Gasteiger partial charge in [-0.1, -0.05) is 6.08 Å². The lowest BCUT2D eigenvalue weighted by molar-refractivity contribution is -0.0652. The third-order valence-corrected chi connectivity index (χ3v) is 6.28. The van der Waals surface area contributed by atoms with Gasteiger partial charge in [-0.3, -0.25) is 9.88 Å². The first-order valence-electron chi connectivity index (χ1n) is 10.3. The van der Waals surface area contributed by atoms with E-state index >= 15 is 0 Å². The Bertz CT molecular complexity index is 900. The number of rotatable bonds is 6. The molecule has 3 fully saturated rings. The van der Waals surface area contributed by atoms with Crippen LogP contribution >= 0.6 is 0 Å². The molecule has 1 unspecified atom stereocenters.